The van der Waals surface area contributed by atoms with E-state index in [1.165, 1.54) is 12.1 Å². The predicted octanol–water partition coefficient (Wildman–Crippen LogP) is 3.57. The minimum Gasteiger partial charge on any atom is -0.488 e. The summed E-state index contributed by atoms with van der Waals surface area (Å²) < 4.78 is 17.2. The molecule has 0 amide bonds. The molecule has 0 atom stereocenters. The van der Waals surface area contributed by atoms with Crippen LogP contribution in [0.15, 0.2) is 36.1 Å². The first kappa shape index (κ1) is 14.8. The van der Waals surface area contributed by atoms with Crippen molar-refractivity contribution in [3.8, 4) is 5.75 Å². The van der Waals surface area contributed by atoms with Crippen molar-refractivity contribution in [1.82, 2.24) is 0 Å². The Kier molecular flexibility index (Phi) is 3.13. The van der Waals surface area contributed by atoms with E-state index in [9.17, 15) is 9.59 Å². The van der Waals surface area contributed by atoms with E-state index < -0.39 is 5.63 Å². The molecule has 1 aromatic carbocycles. The molecule has 24 heavy (non-hydrogen) atoms. The van der Waals surface area contributed by atoms with Crippen molar-refractivity contribution < 1.29 is 13.6 Å². The molecule has 5 nitrogen and oxygen atoms in total. The van der Waals surface area contributed by atoms with Crippen LogP contribution >= 0.6 is 0 Å². The van der Waals surface area contributed by atoms with E-state index in [-0.39, 0.29) is 16.4 Å². The van der Waals surface area contributed by atoms with E-state index in [0.717, 1.165) is 16.7 Å². The van der Waals surface area contributed by atoms with Gasteiger partial charge in [-0.15, -0.1) is 0 Å². The molecule has 3 heterocycles. The van der Waals surface area contributed by atoms with Crippen molar-refractivity contribution in [3.05, 3.63) is 55.2 Å². The topological polar surface area (TPSA) is 69.7 Å². The average molecular weight is 324 g/mol. The molecule has 122 valence electrons. The number of benzene rings is 1. The van der Waals surface area contributed by atoms with Crippen LogP contribution in [0.1, 0.15) is 30.7 Å². The van der Waals surface area contributed by atoms with Crippen LogP contribution in [0.3, 0.4) is 0 Å². The van der Waals surface area contributed by atoms with Crippen molar-refractivity contribution in [1.29, 1.82) is 0 Å². The normalized spacial score (nSPS) is 13.7. The monoisotopic (exact) mass is 324 g/mol. The molecule has 1 aliphatic rings. The lowest BCUT2D eigenvalue weighted by atomic mass is 9.97. The Morgan fingerprint density at radius 2 is 1.83 bits per heavy atom. The van der Waals surface area contributed by atoms with Crippen LogP contribution in [0, 0.1) is 6.92 Å². The fraction of sp³-hybridized carbons (Fsp3) is 0.263. The number of hydrogen-bond acceptors (Lipinski definition) is 5. The van der Waals surface area contributed by atoms with Gasteiger partial charge in [0.1, 0.15) is 23.5 Å². The molecule has 1 aliphatic heterocycles. The molecule has 0 bridgehead atoms. The third-order valence-corrected chi connectivity index (χ3v) is 4.27. The summed E-state index contributed by atoms with van der Waals surface area (Å²) in [5.41, 5.74) is 2.49. The van der Waals surface area contributed by atoms with Gasteiger partial charge in [0.2, 0.25) is 0 Å². The van der Waals surface area contributed by atoms with Crippen molar-refractivity contribution in [3.63, 3.8) is 0 Å². The summed E-state index contributed by atoms with van der Waals surface area (Å²) >= 11 is 0. The number of hydrogen-bond donors (Lipinski definition) is 0. The lowest BCUT2D eigenvalue weighted by Crippen LogP contribution is -2.12. The van der Waals surface area contributed by atoms with Crippen molar-refractivity contribution in [2.45, 2.75) is 27.2 Å². The van der Waals surface area contributed by atoms with Crippen molar-refractivity contribution in [2.75, 3.05) is 6.61 Å². The average Bonchev–Trinajstić information content (AvgIpc) is 2.53. The summed E-state index contributed by atoms with van der Waals surface area (Å²) in [4.78, 5) is 24.6. The van der Waals surface area contributed by atoms with Gasteiger partial charge in [-0.1, -0.05) is 6.92 Å². The van der Waals surface area contributed by atoms with Gasteiger partial charge in [-0.05, 0) is 37.5 Å². The largest absolute Gasteiger partial charge is 0.488 e. The maximum absolute atomic E-state index is 12.6. The molecule has 4 rings (SSSR count). The second-order valence-electron chi connectivity index (χ2n) is 6.10. The van der Waals surface area contributed by atoms with Crippen LogP contribution in [0.25, 0.3) is 28.0 Å². The molecule has 5 heteroatoms. The van der Waals surface area contributed by atoms with Crippen LogP contribution in [-0.4, -0.2) is 6.61 Å². The van der Waals surface area contributed by atoms with Crippen LogP contribution in [0.2, 0.25) is 0 Å². The molecule has 0 fully saturated rings. The third kappa shape index (κ3) is 2.01. The smallest absolute Gasteiger partial charge is 0.336 e. The molecule has 0 spiro atoms. The van der Waals surface area contributed by atoms with E-state index in [1.807, 2.05) is 19.9 Å². The van der Waals surface area contributed by atoms with E-state index >= 15 is 0 Å². The van der Waals surface area contributed by atoms with E-state index in [4.69, 9.17) is 13.6 Å². The first-order valence-electron chi connectivity index (χ1n) is 7.86. The minimum atomic E-state index is -0.483. The summed E-state index contributed by atoms with van der Waals surface area (Å²) in [6, 6.07) is 2.87. The number of fused-ring (bicyclic) bond motifs is 6. The van der Waals surface area contributed by atoms with Gasteiger partial charge < -0.3 is 13.6 Å². The third-order valence-electron chi connectivity index (χ3n) is 4.27. The Balaban J connectivity index is 2.39. The van der Waals surface area contributed by atoms with Gasteiger partial charge in [-0.2, -0.15) is 0 Å². The number of rotatable bonds is 1. The molecular weight excluding hydrogens is 308 g/mol. The molecule has 0 aliphatic carbocycles. The molecule has 3 aromatic rings. The first-order chi connectivity index (χ1) is 11.5. The molecule has 0 saturated heterocycles. The maximum Gasteiger partial charge on any atom is 0.336 e. The Morgan fingerprint density at radius 1 is 1.04 bits per heavy atom. The Morgan fingerprint density at radius 3 is 2.58 bits per heavy atom. The highest BCUT2D eigenvalue weighted by Gasteiger charge is 2.25. The standard InChI is InChI=1S/C19H16O5/c1-4-11-7-14(21)24-19-15(11)17-12(5-9(2)8-22-17)18-16(19)13(20)6-10(3)23-18/h5-7H,4,8H2,1-3H3. The lowest BCUT2D eigenvalue weighted by molar-refractivity contribution is 0.350. The highest BCUT2D eigenvalue weighted by molar-refractivity contribution is 6.10. The van der Waals surface area contributed by atoms with Crippen molar-refractivity contribution in [2.24, 2.45) is 0 Å². The van der Waals surface area contributed by atoms with Crippen LogP contribution in [0.4, 0.5) is 0 Å². The van der Waals surface area contributed by atoms with Crippen LogP contribution in [0.5, 0.6) is 5.75 Å². The highest BCUT2D eigenvalue weighted by atomic mass is 16.5. The first-order valence-corrected chi connectivity index (χ1v) is 7.86. The SMILES string of the molecule is CCc1cc(=O)oc2c1c1c(c3oc(C)cc(=O)c32)C=C(C)CO1. The molecule has 2 aromatic heterocycles. The Bertz CT molecular complexity index is 1140. The van der Waals surface area contributed by atoms with Gasteiger partial charge in [-0.3, -0.25) is 4.79 Å². The highest BCUT2D eigenvalue weighted by Crippen LogP contribution is 2.41. The zero-order valence-electron chi connectivity index (χ0n) is 13.7. The fourth-order valence-electron chi connectivity index (χ4n) is 3.25. The molecule has 0 unspecified atom stereocenters. The zero-order chi connectivity index (χ0) is 17.0. The predicted molar refractivity (Wildman–Crippen MR) is 91.8 cm³/mol. The van der Waals surface area contributed by atoms with E-state index in [2.05, 4.69) is 0 Å². The minimum absolute atomic E-state index is 0.227. The number of ether oxygens (including phenoxy) is 1. The fourth-order valence-corrected chi connectivity index (χ4v) is 3.25. The van der Waals surface area contributed by atoms with Crippen LogP contribution in [-0.2, 0) is 6.42 Å². The summed E-state index contributed by atoms with van der Waals surface area (Å²) in [6.45, 7) is 6.08. The van der Waals surface area contributed by atoms with Crippen molar-refractivity contribution >= 4 is 28.0 Å². The van der Waals surface area contributed by atoms with Gasteiger partial charge in [-0.25, -0.2) is 4.79 Å². The summed E-state index contributed by atoms with van der Waals surface area (Å²) in [5.74, 6) is 1.11. The Hall–Kier alpha value is -2.82. The second-order valence-corrected chi connectivity index (χ2v) is 6.10. The van der Waals surface area contributed by atoms with E-state index in [1.54, 1.807) is 6.92 Å². The summed E-state index contributed by atoms with van der Waals surface area (Å²) in [5, 5.41) is 0.968. The molecule has 0 radical (unpaired) electrons. The van der Waals surface area contributed by atoms with Gasteiger partial charge in [0, 0.05) is 12.1 Å². The van der Waals surface area contributed by atoms with Gasteiger partial charge >= 0.3 is 5.63 Å². The Labute approximate surface area is 137 Å². The van der Waals surface area contributed by atoms with Gasteiger partial charge in [0.25, 0.3) is 0 Å². The van der Waals surface area contributed by atoms with Crippen LogP contribution < -0.4 is 15.8 Å². The van der Waals surface area contributed by atoms with Gasteiger partial charge in [0.15, 0.2) is 16.6 Å². The summed E-state index contributed by atoms with van der Waals surface area (Å²) in [6.07, 6.45) is 2.59. The molecule has 0 N–H and O–H groups in total. The summed E-state index contributed by atoms with van der Waals surface area (Å²) in [7, 11) is 0. The maximum atomic E-state index is 12.6. The zero-order valence-corrected chi connectivity index (χ0v) is 13.7. The quantitative estimate of drug-likeness (QED) is 0.505. The molecular formula is C19H16O5. The molecule has 0 saturated carbocycles. The van der Waals surface area contributed by atoms with Gasteiger partial charge in [0.05, 0.1) is 10.9 Å². The lowest BCUT2D eigenvalue weighted by Gasteiger charge is -2.20. The number of aryl methyl sites for hydroxylation is 2. The second kappa shape index (κ2) is 5.09. The van der Waals surface area contributed by atoms with E-state index in [0.29, 0.717) is 35.5 Å².